The number of benzene rings is 1. The summed E-state index contributed by atoms with van der Waals surface area (Å²) in [5.74, 6) is 0. The third kappa shape index (κ3) is 2.45. The highest BCUT2D eigenvalue weighted by Crippen LogP contribution is 2.25. The average Bonchev–Trinajstić information content (AvgIpc) is 1.78. The van der Waals surface area contributed by atoms with Crippen LogP contribution in [0.3, 0.4) is 0 Å². The Bertz CT molecular complexity index is 313. The van der Waals surface area contributed by atoms with Gasteiger partial charge in [-0.25, -0.2) is 0 Å². The largest absolute Gasteiger partial charge is 0.512 e. The molecule has 7 heteroatoms. The maximum absolute atomic E-state index is 12.3. The van der Waals surface area contributed by atoms with E-state index in [4.69, 9.17) is 34.8 Å². The van der Waals surface area contributed by atoms with E-state index >= 15 is 0 Å². The Morgan fingerprint density at radius 2 is 1.31 bits per heavy atom. The Labute approximate surface area is 87.6 Å². The molecule has 0 aliphatic heterocycles. The highest BCUT2D eigenvalue weighted by Gasteiger charge is 2.30. The summed E-state index contributed by atoms with van der Waals surface area (Å²) in [6.45, 7) is -5.19. The van der Waals surface area contributed by atoms with Gasteiger partial charge in [0.15, 0.2) is 0 Å². The maximum Gasteiger partial charge on any atom is 0.512 e. The zero-order chi connectivity index (χ0) is 10.2. The van der Waals surface area contributed by atoms with Gasteiger partial charge >= 0.3 is 6.98 Å². The van der Waals surface area contributed by atoms with E-state index in [-0.39, 0.29) is 5.02 Å². The van der Waals surface area contributed by atoms with Crippen LogP contribution in [-0.2, 0) is 0 Å². The van der Waals surface area contributed by atoms with Crippen molar-refractivity contribution in [3.63, 3.8) is 0 Å². The molecule has 0 atom stereocenters. The summed E-state index contributed by atoms with van der Waals surface area (Å²) >= 11 is 16.1. The fourth-order valence-electron chi connectivity index (χ4n) is 0.866. The van der Waals surface area contributed by atoms with E-state index in [0.717, 1.165) is 12.1 Å². The molecule has 0 unspecified atom stereocenters. The van der Waals surface area contributed by atoms with E-state index in [9.17, 15) is 12.9 Å². The summed E-state index contributed by atoms with van der Waals surface area (Å²) in [5.41, 5.74) is -0.993. The Kier molecular flexibility index (Phi) is 3.05. The monoisotopic (exact) mass is 247 g/mol. The summed E-state index contributed by atoms with van der Waals surface area (Å²) in [4.78, 5) is 0. The van der Waals surface area contributed by atoms with Gasteiger partial charge in [0.1, 0.15) is 0 Å². The van der Waals surface area contributed by atoms with Gasteiger partial charge in [-0.15, -0.1) is 0 Å². The molecular weight excluding hydrogens is 246 g/mol. The molecule has 0 bridgehead atoms. The van der Waals surface area contributed by atoms with Crippen LogP contribution in [0, 0.1) is 0 Å². The number of halogens is 6. The summed E-state index contributed by atoms with van der Waals surface area (Å²) in [6.07, 6.45) is 0. The zero-order valence-electron chi connectivity index (χ0n) is 6.00. The lowest BCUT2D eigenvalue weighted by Gasteiger charge is -2.18. The summed E-state index contributed by atoms with van der Waals surface area (Å²) < 4.78 is 36.9. The van der Waals surface area contributed by atoms with Crippen LogP contribution in [0.15, 0.2) is 12.1 Å². The molecule has 0 amide bonds. The molecule has 0 aliphatic rings. The molecule has 1 aromatic carbocycles. The summed E-state index contributed by atoms with van der Waals surface area (Å²) in [6, 6.07) is 2.03. The van der Waals surface area contributed by atoms with Crippen LogP contribution >= 0.6 is 34.8 Å². The quantitative estimate of drug-likeness (QED) is 0.665. The predicted molar refractivity (Wildman–Crippen MR) is 50.2 cm³/mol. The van der Waals surface area contributed by atoms with E-state index in [2.05, 4.69) is 0 Å². The van der Waals surface area contributed by atoms with E-state index < -0.39 is 22.5 Å². The SMILES string of the molecule is F[B-](F)(F)c1c(Cl)cc(Cl)cc1Cl. The van der Waals surface area contributed by atoms with Crippen molar-refractivity contribution in [2.24, 2.45) is 0 Å². The van der Waals surface area contributed by atoms with Crippen molar-refractivity contribution in [3.05, 3.63) is 27.2 Å². The minimum Gasteiger partial charge on any atom is -0.445 e. The first-order valence-corrected chi connectivity index (χ1v) is 4.30. The van der Waals surface area contributed by atoms with Gasteiger partial charge in [-0.3, -0.25) is 0 Å². The molecular formula is C6H2BCl3F3-. The molecule has 1 rings (SSSR count). The van der Waals surface area contributed by atoms with Crippen molar-refractivity contribution in [1.29, 1.82) is 0 Å². The maximum atomic E-state index is 12.3. The minimum absolute atomic E-state index is 0.0822. The van der Waals surface area contributed by atoms with Gasteiger partial charge in [0.25, 0.3) is 0 Å². The normalized spacial score (nSPS) is 11.8. The molecule has 13 heavy (non-hydrogen) atoms. The highest BCUT2D eigenvalue weighted by molar-refractivity contribution is 6.78. The van der Waals surface area contributed by atoms with Crippen LogP contribution in [0.1, 0.15) is 0 Å². The molecule has 0 N–H and O–H groups in total. The lowest BCUT2D eigenvalue weighted by Crippen LogP contribution is -2.35. The van der Waals surface area contributed by atoms with Crippen LogP contribution in [0.4, 0.5) is 12.9 Å². The second kappa shape index (κ2) is 3.60. The lowest BCUT2D eigenvalue weighted by atomic mass is 9.80. The van der Waals surface area contributed by atoms with E-state index in [1.807, 2.05) is 0 Å². The van der Waals surface area contributed by atoms with Crippen molar-refractivity contribution in [1.82, 2.24) is 0 Å². The third-order valence-electron chi connectivity index (χ3n) is 1.37. The van der Waals surface area contributed by atoms with Crippen molar-refractivity contribution in [2.45, 2.75) is 0 Å². The zero-order valence-corrected chi connectivity index (χ0v) is 8.27. The van der Waals surface area contributed by atoms with E-state index in [1.54, 1.807) is 0 Å². The van der Waals surface area contributed by atoms with Crippen molar-refractivity contribution in [3.8, 4) is 0 Å². The minimum atomic E-state index is -5.19. The third-order valence-corrected chi connectivity index (χ3v) is 2.21. The Morgan fingerprint density at radius 3 is 1.62 bits per heavy atom. The van der Waals surface area contributed by atoms with E-state index in [1.165, 1.54) is 0 Å². The molecule has 0 spiro atoms. The Hall–Kier alpha value is -0.0551. The topological polar surface area (TPSA) is 0 Å². The van der Waals surface area contributed by atoms with Gasteiger partial charge in [-0.05, 0) is 12.1 Å². The number of rotatable bonds is 1. The Balaban J connectivity index is 3.38. The van der Waals surface area contributed by atoms with Crippen molar-refractivity contribution >= 4 is 47.2 Å². The molecule has 0 nitrogen and oxygen atoms in total. The fraction of sp³-hybridized carbons (Fsp3) is 0. The van der Waals surface area contributed by atoms with Crippen LogP contribution in [0.2, 0.25) is 15.1 Å². The van der Waals surface area contributed by atoms with Crippen LogP contribution in [-0.4, -0.2) is 6.98 Å². The van der Waals surface area contributed by atoms with Gasteiger partial charge in [0.05, 0.1) is 0 Å². The van der Waals surface area contributed by atoms with Gasteiger partial charge in [-0.1, -0.05) is 40.3 Å². The fourth-order valence-corrected chi connectivity index (χ4v) is 1.93. The van der Waals surface area contributed by atoms with Gasteiger partial charge < -0.3 is 12.9 Å². The predicted octanol–water partition coefficient (Wildman–Crippen LogP) is 3.70. The molecule has 0 fully saturated rings. The molecule has 0 saturated heterocycles. The molecule has 0 radical (unpaired) electrons. The molecule has 0 heterocycles. The van der Waals surface area contributed by atoms with Gasteiger partial charge in [0.2, 0.25) is 0 Å². The first-order chi connectivity index (χ1) is 5.82. The highest BCUT2D eigenvalue weighted by atomic mass is 35.5. The van der Waals surface area contributed by atoms with Crippen molar-refractivity contribution < 1.29 is 12.9 Å². The Morgan fingerprint density at radius 1 is 0.923 bits per heavy atom. The molecule has 72 valence electrons. The summed E-state index contributed by atoms with van der Waals surface area (Å²) in [7, 11) is 0. The number of hydrogen-bond acceptors (Lipinski definition) is 0. The molecule has 1 aromatic rings. The molecule has 0 aromatic heterocycles. The smallest absolute Gasteiger partial charge is 0.445 e. The molecule has 0 aliphatic carbocycles. The second-order valence-electron chi connectivity index (χ2n) is 2.36. The van der Waals surface area contributed by atoms with Crippen molar-refractivity contribution in [2.75, 3.05) is 0 Å². The van der Waals surface area contributed by atoms with Crippen LogP contribution in [0.5, 0.6) is 0 Å². The molecule has 0 saturated carbocycles. The van der Waals surface area contributed by atoms with Crippen LogP contribution < -0.4 is 5.46 Å². The van der Waals surface area contributed by atoms with Crippen LogP contribution in [0.25, 0.3) is 0 Å². The van der Waals surface area contributed by atoms with Gasteiger partial charge in [-0.2, -0.15) is 0 Å². The lowest BCUT2D eigenvalue weighted by molar-refractivity contribution is 0.501. The number of hydrogen-bond donors (Lipinski definition) is 0. The first kappa shape index (κ1) is 11.0. The first-order valence-electron chi connectivity index (χ1n) is 3.16. The van der Waals surface area contributed by atoms with Gasteiger partial charge in [0, 0.05) is 15.1 Å². The summed E-state index contributed by atoms with van der Waals surface area (Å²) in [5, 5.41) is -0.853. The standard InChI is InChI=1S/C6H2BCl3F3/c8-3-1-4(9)6(5(10)2-3)7(11,12)13/h1-2H/q-1. The average molecular weight is 248 g/mol. The second-order valence-corrected chi connectivity index (χ2v) is 3.61. The van der Waals surface area contributed by atoms with E-state index in [0.29, 0.717) is 0 Å².